The van der Waals surface area contributed by atoms with E-state index in [1.54, 1.807) is 17.1 Å². The van der Waals surface area contributed by atoms with Gasteiger partial charge in [0.15, 0.2) is 0 Å². The van der Waals surface area contributed by atoms with E-state index in [0.717, 1.165) is 41.8 Å². The lowest BCUT2D eigenvalue weighted by molar-refractivity contribution is 0.228. The van der Waals surface area contributed by atoms with Crippen molar-refractivity contribution in [1.29, 1.82) is 0 Å². The first-order chi connectivity index (χ1) is 10.1. The van der Waals surface area contributed by atoms with Crippen LogP contribution in [0, 0.1) is 0 Å². The molecule has 2 amide bonds. The normalized spacial score (nSPS) is 16.8. The molecule has 0 aromatic rings. The van der Waals surface area contributed by atoms with Crippen LogP contribution in [0.2, 0.25) is 0 Å². The molecule has 1 rings (SSSR count). The van der Waals surface area contributed by atoms with Crippen molar-refractivity contribution in [2.75, 3.05) is 0 Å². The molecule has 0 fully saturated rings. The third kappa shape index (κ3) is 4.09. The lowest BCUT2D eigenvalue weighted by Crippen LogP contribution is -2.34. The van der Waals surface area contributed by atoms with Crippen molar-refractivity contribution in [1.82, 2.24) is 4.90 Å². The van der Waals surface area contributed by atoms with Crippen molar-refractivity contribution >= 4 is 6.03 Å². The molecule has 0 spiro atoms. The largest absolute Gasteiger partial charge is 0.351 e. The average Bonchev–Trinajstić information content (AvgIpc) is 2.59. The van der Waals surface area contributed by atoms with Crippen molar-refractivity contribution in [2.24, 2.45) is 5.73 Å². The molecule has 1 aliphatic heterocycles. The number of carbonyl (C=O) groups excluding carboxylic acids is 1. The van der Waals surface area contributed by atoms with Gasteiger partial charge in [0.25, 0.3) is 0 Å². The molecule has 2 N–H and O–H groups in total. The van der Waals surface area contributed by atoms with E-state index in [9.17, 15) is 4.79 Å². The minimum Gasteiger partial charge on any atom is -0.351 e. The second-order valence-corrected chi connectivity index (χ2v) is 4.80. The zero-order chi connectivity index (χ0) is 15.8. The lowest BCUT2D eigenvalue weighted by Gasteiger charge is -2.25. The van der Waals surface area contributed by atoms with E-state index in [1.807, 2.05) is 38.2 Å². The first-order valence-corrected chi connectivity index (χ1v) is 7.16. The van der Waals surface area contributed by atoms with E-state index in [2.05, 4.69) is 13.2 Å². The molecule has 0 radical (unpaired) electrons. The van der Waals surface area contributed by atoms with Crippen LogP contribution in [-0.2, 0) is 0 Å². The SMILES string of the molecule is C=C/C=C\C1=C(C)N(C(N)=O)C(CC)=C(/C=C\C=C)CC1. The number of hydrogen-bond donors (Lipinski definition) is 1. The maximum atomic E-state index is 11.9. The van der Waals surface area contributed by atoms with Gasteiger partial charge < -0.3 is 5.73 Å². The van der Waals surface area contributed by atoms with E-state index in [-0.39, 0.29) is 0 Å². The summed E-state index contributed by atoms with van der Waals surface area (Å²) in [7, 11) is 0. The summed E-state index contributed by atoms with van der Waals surface area (Å²) in [4.78, 5) is 13.5. The maximum absolute atomic E-state index is 11.9. The second-order valence-electron chi connectivity index (χ2n) is 4.80. The standard InChI is InChI=1S/C18H24N2O/c1-5-8-10-15-12-13-16(11-9-6-2)17(7-3)20(14(15)4)18(19)21/h5-6,8-11H,1-2,7,12-13H2,3-4H3,(H2,19,21)/b10-8-,11-9-. The van der Waals surface area contributed by atoms with Crippen molar-refractivity contribution < 1.29 is 4.79 Å². The molecule has 0 aromatic heterocycles. The third-order valence-corrected chi connectivity index (χ3v) is 3.53. The summed E-state index contributed by atoms with van der Waals surface area (Å²) in [6.45, 7) is 11.4. The summed E-state index contributed by atoms with van der Waals surface area (Å²) in [5.74, 6) is 0. The zero-order valence-electron chi connectivity index (χ0n) is 12.9. The van der Waals surface area contributed by atoms with E-state index in [1.165, 1.54) is 0 Å². The van der Waals surface area contributed by atoms with Gasteiger partial charge in [0.1, 0.15) is 0 Å². The number of urea groups is 1. The van der Waals surface area contributed by atoms with Crippen LogP contribution in [0.4, 0.5) is 4.79 Å². The fourth-order valence-corrected chi connectivity index (χ4v) is 2.52. The molecule has 1 heterocycles. The summed E-state index contributed by atoms with van der Waals surface area (Å²) in [5, 5.41) is 0. The number of amides is 2. The second kappa shape index (κ2) is 8.10. The van der Waals surface area contributed by atoms with Crippen LogP contribution in [0.5, 0.6) is 0 Å². The van der Waals surface area contributed by atoms with E-state index < -0.39 is 6.03 Å². The van der Waals surface area contributed by atoms with Crippen LogP contribution in [-0.4, -0.2) is 10.9 Å². The Hall–Kier alpha value is -2.29. The van der Waals surface area contributed by atoms with Crippen LogP contribution in [0.3, 0.4) is 0 Å². The Kier molecular flexibility index (Phi) is 6.47. The summed E-state index contributed by atoms with van der Waals surface area (Å²) >= 11 is 0. The van der Waals surface area contributed by atoms with Crippen molar-refractivity contribution in [3.8, 4) is 0 Å². The monoisotopic (exact) mass is 284 g/mol. The number of rotatable bonds is 5. The fraction of sp³-hybridized carbons (Fsp3) is 0.278. The highest BCUT2D eigenvalue weighted by Gasteiger charge is 2.23. The van der Waals surface area contributed by atoms with E-state index in [4.69, 9.17) is 5.73 Å². The van der Waals surface area contributed by atoms with Crippen molar-refractivity contribution in [3.05, 3.63) is 72.2 Å². The maximum Gasteiger partial charge on any atom is 0.323 e. The molecule has 0 bridgehead atoms. The average molecular weight is 284 g/mol. The molecule has 0 aliphatic carbocycles. The van der Waals surface area contributed by atoms with Crippen LogP contribution >= 0.6 is 0 Å². The predicted molar refractivity (Wildman–Crippen MR) is 89.3 cm³/mol. The number of nitrogens with zero attached hydrogens (tertiary/aromatic N) is 1. The highest BCUT2D eigenvalue weighted by atomic mass is 16.2. The van der Waals surface area contributed by atoms with Gasteiger partial charge in [0.2, 0.25) is 0 Å². The van der Waals surface area contributed by atoms with Gasteiger partial charge >= 0.3 is 6.03 Å². The smallest absolute Gasteiger partial charge is 0.323 e. The van der Waals surface area contributed by atoms with E-state index >= 15 is 0 Å². The Balaban J connectivity index is 3.39. The summed E-state index contributed by atoms with van der Waals surface area (Å²) in [6.07, 6.45) is 13.7. The Morgan fingerprint density at radius 3 is 2.19 bits per heavy atom. The van der Waals surface area contributed by atoms with Crippen molar-refractivity contribution in [2.45, 2.75) is 33.1 Å². The van der Waals surface area contributed by atoms with E-state index in [0.29, 0.717) is 0 Å². The molecule has 3 heteroatoms. The minimum atomic E-state index is -0.444. The fourth-order valence-electron chi connectivity index (χ4n) is 2.52. The van der Waals surface area contributed by atoms with Gasteiger partial charge in [-0.15, -0.1) is 0 Å². The number of allylic oxidation sites excluding steroid dienone is 10. The van der Waals surface area contributed by atoms with Gasteiger partial charge in [-0.05, 0) is 37.3 Å². The lowest BCUT2D eigenvalue weighted by atomic mass is 10.0. The predicted octanol–water partition coefficient (Wildman–Crippen LogP) is 4.58. The van der Waals surface area contributed by atoms with Crippen LogP contribution in [0.1, 0.15) is 33.1 Å². The highest BCUT2D eigenvalue weighted by Crippen LogP contribution is 2.31. The van der Waals surface area contributed by atoms with Gasteiger partial charge in [-0.3, -0.25) is 4.90 Å². The molecule has 3 nitrogen and oxygen atoms in total. The van der Waals surface area contributed by atoms with Crippen LogP contribution in [0.25, 0.3) is 0 Å². The number of primary amides is 1. The molecule has 0 aromatic carbocycles. The van der Waals surface area contributed by atoms with Crippen LogP contribution < -0.4 is 5.73 Å². The van der Waals surface area contributed by atoms with Crippen LogP contribution in [0.15, 0.2) is 72.2 Å². The molecular formula is C18H24N2O. The molecule has 0 saturated carbocycles. The number of carbonyl (C=O) groups is 1. The first kappa shape index (κ1) is 16.8. The molecule has 112 valence electrons. The molecular weight excluding hydrogens is 260 g/mol. The van der Waals surface area contributed by atoms with Crippen molar-refractivity contribution in [3.63, 3.8) is 0 Å². The molecule has 1 aliphatic rings. The molecule has 0 atom stereocenters. The zero-order valence-corrected chi connectivity index (χ0v) is 12.9. The molecule has 0 unspecified atom stereocenters. The Morgan fingerprint density at radius 1 is 1.19 bits per heavy atom. The topological polar surface area (TPSA) is 46.3 Å². The number of nitrogens with two attached hydrogens (primary N) is 1. The summed E-state index contributed by atoms with van der Waals surface area (Å²) in [5.41, 5.74) is 9.67. The Bertz CT molecular complexity index is 548. The van der Waals surface area contributed by atoms with Gasteiger partial charge in [-0.25, -0.2) is 4.79 Å². The van der Waals surface area contributed by atoms with Gasteiger partial charge in [0.05, 0.1) is 0 Å². The van der Waals surface area contributed by atoms with Gasteiger partial charge in [-0.2, -0.15) is 0 Å². The summed E-state index contributed by atoms with van der Waals surface area (Å²) in [6, 6.07) is -0.444. The van der Waals surface area contributed by atoms with Gasteiger partial charge in [0, 0.05) is 11.4 Å². The van der Waals surface area contributed by atoms with Gasteiger partial charge in [-0.1, -0.05) is 56.5 Å². The minimum absolute atomic E-state index is 0.444. The first-order valence-electron chi connectivity index (χ1n) is 7.16. The number of hydrogen-bond acceptors (Lipinski definition) is 1. The third-order valence-electron chi connectivity index (χ3n) is 3.53. The summed E-state index contributed by atoms with van der Waals surface area (Å²) < 4.78 is 0. The molecule has 0 saturated heterocycles. The molecule has 21 heavy (non-hydrogen) atoms. The Labute approximate surface area is 127 Å². The highest BCUT2D eigenvalue weighted by molar-refractivity contribution is 5.77. The Morgan fingerprint density at radius 2 is 1.71 bits per heavy atom. The quantitative estimate of drug-likeness (QED) is 0.738.